The summed E-state index contributed by atoms with van der Waals surface area (Å²) >= 11 is 0. The zero-order valence-electron chi connectivity index (χ0n) is 11.5. The van der Waals surface area contributed by atoms with Crippen molar-refractivity contribution in [2.75, 3.05) is 24.5 Å². The second-order valence-electron chi connectivity index (χ2n) is 5.29. The van der Waals surface area contributed by atoms with Crippen molar-refractivity contribution in [3.63, 3.8) is 0 Å². The lowest BCUT2D eigenvalue weighted by Gasteiger charge is -2.29. The Morgan fingerprint density at radius 1 is 1.22 bits per heavy atom. The van der Waals surface area contributed by atoms with Gasteiger partial charge in [-0.3, -0.25) is 4.79 Å². The van der Waals surface area contributed by atoms with Crippen LogP contribution in [0.25, 0.3) is 0 Å². The van der Waals surface area contributed by atoms with E-state index in [1.807, 2.05) is 11.8 Å². The number of anilines is 1. The molecule has 1 unspecified atom stereocenters. The SMILES string of the molecule is Cc1cc(C)cc(N2CCCNCC(C)C2=O)c1. The highest BCUT2D eigenvalue weighted by molar-refractivity contribution is 5.95. The lowest BCUT2D eigenvalue weighted by atomic mass is 10.1. The fourth-order valence-electron chi connectivity index (χ4n) is 2.51. The molecule has 18 heavy (non-hydrogen) atoms. The first-order chi connectivity index (χ1) is 8.58. The van der Waals surface area contributed by atoms with Gasteiger partial charge in [0, 0.05) is 24.7 Å². The summed E-state index contributed by atoms with van der Waals surface area (Å²) < 4.78 is 0. The van der Waals surface area contributed by atoms with Crippen LogP contribution in [0.15, 0.2) is 18.2 Å². The Bertz CT molecular complexity index is 422. The third kappa shape index (κ3) is 2.91. The van der Waals surface area contributed by atoms with Gasteiger partial charge in [0.15, 0.2) is 0 Å². The summed E-state index contributed by atoms with van der Waals surface area (Å²) in [5, 5.41) is 3.31. The van der Waals surface area contributed by atoms with Crippen LogP contribution in [0, 0.1) is 19.8 Å². The fraction of sp³-hybridized carbons (Fsp3) is 0.533. The molecule has 0 aromatic heterocycles. The lowest BCUT2D eigenvalue weighted by Crippen LogP contribution is -2.43. The van der Waals surface area contributed by atoms with Gasteiger partial charge in [-0.2, -0.15) is 0 Å². The number of hydrogen-bond donors (Lipinski definition) is 1. The highest BCUT2D eigenvalue weighted by atomic mass is 16.2. The largest absolute Gasteiger partial charge is 0.316 e. The van der Waals surface area contributed by atoms with Crippen LogP contribution in [-0.2, 0) is 4.79 Å². The molecule has 0 bridgehead atoms. The molecule has 1 saturated heterocycles. The van der Waals surface area contributed by atoms with Gasteiger partial charge in [-0.25, -0.2) is 0 Å². The Kier molecular flexibility index (Phi) is 4.02. The molecule has 0 aliphatic carbocycles. The van der Waals surface area contributed by atoms with Crippen molar-refractivity contribution in [2.45, 2.75) is 27.2 Å². The summed E-state index contributed by atoms with van der Waals surface area (Å²) in [6.45, 7) is 8.72. The third-order valence-corrected chi connectivity index (χ3v) is 3.39. The molecular formula is C15H22N2O. The Morgan fingerprint density at radius 3 is 2.56 bits per heavy atom. The van der Waals surface area contributed by atoms with Crippen molar-refractivity contribution < 1.29 is 4.79 Å². The van der Waals surface area contributed by atoms with Crippen molar-refractivity contribution in [1.29, 1.82) is 0 Å². The summed E-state index contributed by atoms with van der Waals surface area (Å²) in [6.07, 6.45) is 1.01. The molecule has 1 aromatic rings. The normalized spacial score (nSPS) is 21.6. The van der Waals surface area contributed by atoms with Crippen LogP contribution < -0.4 is 10.2 Å². The number of nitrogens with zero attached hydrogens (tertiary/aromatic N) is 1. The molecule has 3 nitrogen and oxygen atoms in total. The summed E-state index contributed by atoms with van der Waals surface area (Å²) in [7, 11) is 0. The zero-order valence-corrected chi connectivity index (χ0v) is 11.5. The van der Waals surface area contributed by atoms with Gasteiger partial charge in [0.25, 0.3) is 0 Å². The van der Waals surface area contributed by atoms with Gasteiger partial charge in [0.2, 0.25) is 5.91 Å². The van der Waals surface area contributed by atoms with Crippen LogP contribution in [0.3, 0.4) is 0 Å². The number of aryl methyl sites for hydroxylation is 2. The Labute approximate surface area is 109 Å². The molecule has 1 atom stereocenters. The number of amides is 1. The van der Waals surface area contributed by atoms with Crippen LogP contribution in [0.4, 0.5) is 5.69 Å². The average Bonchev–Trinajstić information content (AvgIpc) is 2.29. The molecule has 98 valence electrons. The predicted molar refractivity (Wildman–Crippen MR) is 74.9 cm³/mol. The van der Waals surface area contributed by atoms with Gasteiger partial charge in [-0.15, -0.1) is 0 Å². The van der Waals surface area contributed by atoms with Gasteiger partial charge in [-0.05, 0) is 50.1 Å². The number of carbonyl (C=O) groups excluding carboxylic acids is 1. The molecule has 0 spiro atoms. The second kappa shape index (κ2) is 5.53. The molecular weight excluding hydrogens is 224 g/mol. The first kappa shape index (κ1) is 13.1. The first-order valence-corrected chi connectivity index (χ1v) is 6.68. The number of benzene rings is 1. The minimum Gasteiger partial charge on any atom is -0.316 e. The van der Waals surface area contributed by atoms with E-state index in [9.17, 15) is 4.79 Å². The predicted octanol–water partition coefficient (Wildman–Crippen LogP) is 2.27. The number of carbonyl (C=O) groups is 1. The van der Waals surface area contributed by atoms with E-state index >= 15 is 0 Å². The van der Waals surface area contributed by atoms with Crippen LogP contribution in [0.2, 0.25) is 0 Å². The maximum atomic E-state index is 12.4. The molecule has 2 rings (SSSR count). The first-order valence-electron chi connectivity index (χ1n) is 6.68. The van der Waals surface area contributed by atoms with E-state index in [-0.39, 0.29) is 11.8 Å². The number of rotatable bonds is 1. The second-order valence-corrected chi connectivity index (χ2v) is 5.29. The lowest BCUT2D eigenvalue weighted by molar-refractivity contribution is -0.122. The van der Waals surface area contributed by atoms with E-state index in [4.69, 9.17) is 0 Å². The standard InChI is InChI=1S/C15H22N2O/c1-11-7-12(2)9-14(8-11)17-6-4-5-16-10-13(3)15(17)18/h7-9,13,16H,4-6,10H2,1-3H3. The van der Waals surface area contributed by atoms with Gasteiger partial charge in [-0.1, -0.05) is 13.0 Å². The molecule has 1 heterocycles. The van der Waals surface area contributed by atoms with E-state index in [0.29, 0.717) is 0 Å². The van der Waals surface area contributed by atoms with Crippen molar-refractivity contribution in [3.8, 4) is 0 Å². The van der Waals surface area contributed by atoms with E-state index in [1.54, 1.807) is 0 Å². The summed E-state index contributed by atoms with van der Waals surface area (Å²) in [5.41, 5.74) is 3.47. The molecule has 1 N–H and O–H groups in total. The maximum absolute atomic E-state index is 12.4. The minimum atomic E-state index is 0.0473. The van der Waals surface area contributed by atoms with E-state index < -0.39 is 0 Å². The number of hydrogen-bond acceptors (Lipinski definition) is 2. The van der Waals surface area contributed by atoms with Gasteiger partial charge in [0.05, 0.1) is 0 Å². The monoisotopic (exact) mass is 246 g/mol. The van der Waals surface area contributed by atoms with E-state index in [2.05, 4.69) is 37.4 Å². The van der Waals surface area contributed by atoms with Gasteiger partial charge in [0.1, 0.15) is 0 Å². The topological polar surface area (TPSA) is 32.3 Å². The van der Waals surface area contributed by atoms with Crippen molar-refractivity contribution in [1.82, 2.24) is 5.32 Å². The molecule has 1 aromatic carbocycles. The summed E-state index contributed by atoms with van der Waals surface area (Å²) in [4.78, 5) is 14.4. The van der Waals surface area contributed by atoms with Crippen molar-refractivity contribution >= 4 is 11.6 Å². The maximum Gasteiger partial charge on any atom is 0.231 e. The minimum absolute atomic E-state index is 0.0473. The molecule has 0 saturated carbocycles. The molecule has 1 aliphatic rings. The molecule has 1 fully saturated rings. The van der Waals surface area contributed by atoms with Crippen molar-refractivity contribution in [3.05, 3.63) is 29.3 Å². The highest BCUT2D eigenvalue weighted by Crippen LogP contribution is 2.21. The highest BCUT2D eigenvalue weighted by Gasteiger charge is 2.23. The Balaban J connectivity index is 2.30. The molecule has 0 radical (unpaired) electrons. The van der Waals surface area contributed by atoms with E-state index in [0.717, 1.165) is 31.7 Å². The fourth-order valence-corrected chi connectivity index (χ4v) is 2.51. The quantitative estimate of drug-likeness (QED) is 0.824. The average molecular weight is 246 g/mol. The van der Waals surface area contributed by atoms with Crippen molar-refractivity contribution in [2.24, 2.45) is 5.92 Å². The summed E-state index contributed by atoms with van der Waals surface area (Å²) in [5.74, 6) is 0.276. The van der Waals surface area contributed by atoms with Crippen LogP contribution in [0.1, 0.15) is 24.5 Å². The smallest absolute Gasteiger partial charge is 0.231 e. The molecule has 3 heteroatoms. The summed E-state index contributed by atoms with van der Waals surface area (Å²) in [6, 6.07) is 6.35. The van der Waals surface area contributed by atoms with Gasteiger partial charge >= 0.3 is 0 Å². The van der Waals surface area contributed by atoms with Crippen LogP contribution >= 0.6 is 0 Å². The Hall–Kier alpha value is -1.35. The third-order valence-electron chi connectivity index (χ3n) is 3.39. The molecule has 1 aliphatic heterocycles. The Morgan fingerprint density at radius 2 is 1.89 bits per heavy atom. The van der Waals surface area contributed by atoms with Crippen LogP contribution in [0.5, 0.6) is 0 Å². The van der Waals surface area contributed by atoms with Crippen LogP contribution in [-0.4, -0.2) is 25.5 Å². The zero-order chi connectivity index (χ0) is 13.1. The number of nitrogens with one attached hydrogen (secondary N) is 1. The van der Waals surface area contributed by atoms with E-state index in [1.165, 1.54) is 11.1 Å². The molecule has 1 amide bonds. The van der Waals surface area contributed by atoms with Gasteiger partial charge < -0.3 is 10.2 Å².